The van der Waals surface area contributed by atoms with Gasteiger partial charge in [0.05, 0.1) is 6.10 Å². The van der Waals surface area contributed by atoms with Crippen molar-refractivity contribution in [3.63, 3.8) is 0 Å². The van der Waals surface area contributed by atoms with E-state index in [-0.39, 0.29) is 0 Å². The molecule has 1 aromatic carbocycles. The molecule has 2 heteroatoms. The normalized spacial score (nSPS) is 18.6. The standard InChI is InChI=1S/C17H27NO/c1-4-17(9-10-17)12-18-11-16(19)15-7-5-14(6-8-15)13(2)3/h5-8,13,16,18-19H,4,9-12H2,1-3H3. The molecule has 0 radical (unpaired) electrons. The first kappa shape index (κ1) is 14.5. The number of aliphatic hydroxyl groups excluding tert-OH is 1. The highest BCUT2D eigenvalue weighted by molar-refractivity contribution is 5.26. The number of hydrogen-bond donors (Lipinski definition) is 2. The third kappa shape index (κ3) is 3.80. The highest BCUT2D eigenvalue weighted by atomic mass is 16.3. The number of benzene rings is 1. The van der Waals surface area contributed by atoms with E-state index in [1.807, 2.05) is 12.1 Å². The van der Waals surface area contributed by atoms with Crippen LogP contribution in [0.3, 0.4) is 0 Å². The van der Waals surface area contributed by atoms with Crippen LogP contribution in [-0.4, -0.2) is 18.2 Å². The summed E-state index contributed by atoms with van der Waals surface area (Å²) < 4.78 is 0. The van der Waals surface area contributed by atoms with Gasteiger partial charge in [-0.2, -0.15) is 0 Å². The third-order valence-corrected chi connectivity index (χ3v) is 4.53. The van der Waals surface area contributed by atoms with Crippen LogP contribution in [0, 0.1) is 5.41 Å². The molecule has 1 aliphatic rings. The van der Waals surface area contributed by atoms with Gasteiger partial charge in [0.2, 0.25) is 0 Å². The first-order chi connectivity index (χ1) is 9.06. The van der Waals surface area contributed by atoms with Gasteiger partial charge in [-0.05, 0) is 41.7 Å². The van der Waals surface area contributed by atoms with Crippen LogP contribution in [0.25, 0.3) is 0 Å². The molecule has 1 aromatic rings. The average molecular weight is 261 g/mol. The molecule has 2 nitrogen and oxygen atoms in total. The molecule has 0 amide bonds. The van der Waals surface area contributed by atoms with E-state index in [9.17, 15) is 5.11 Å². The second kappa shape index (κ2) is 6.06. The Labute approximate surface area is 117 Å². The van der Waals surface area contributed by atoms with Gasteiger partial charge in [-0.15, -0.1) is 0 Å². The zero-order valence-electron chi connectivity index (χ0n) is 12.4. The fraction of sp³-hybridized carbons (Fsp3) is 0.647. The zero-order chi connectivity index (χ0) is 13.9. The molecule has 2 N–H and O–H groups in total. The number of nitrogens with one attached hydrogen (secondary N) is 1. The molecule has 0 saturated heterocycles. The maximum absolute atomic E-state index is 10.2. The summed E-state index contributed by atoms with van der Waals surface area (Å²) in [6.45, 7) is 8.34. The lowest BCUT2D eigenvalue weighted by molar-refractivity contribution is 0.171. The summed E-state index contributed by atoms with van der Waals surface area (Å²) in [5.74, 6) is 0.545. The fourth-order valence-electron chi connectivity index (χ4n) is 2.53. The summed E-state index contributed by atoms with van der Waals surface area (Å²) in [6.07, 6.45) is 3.54. The monoisotopic (exact) mass is 261 g/mol. The minimum absolute atomic E-state index is 0.395. The highest BCUT2D eigenvalue weighted by Crippen LogP contribution is 2.47. The molecular formula is C17H27NO. The van der Waals surface area contributed by atoms with Crippen molar-refractivity contribution >= 4 is 0 Å². The average Bonchev–Trinajstić information content (AvgIpc) is 3.19. The zero-order valence-corrected chi connectivity index (χ0v) is 12.4. The van der Waals surface area contributed by atoms with E-state index in [1.165, 1.54) is 24.8 Å². The van der Waals surface area contributed by atoms with Crippen LogP contribution < -0.4 is 5.32 Å². The number of hydrogen-bond acceptors (Lipinski definition) is 2. The smallest absolute Gasteiger partial charge is 0.0914 e. The predicted molar refractivity (Wildman–Crippen MR) is 80.3 cm³/mol. The molecule has 1 atom stereocenters. The van der Waals surface area contributed by atoms with E-state index in [1.54, 1.807) is 0 Å². The molecule has 1 saturated carbocycles. The Balaban J connectivity index is 1.80. The summed E-state index contributed by atoms with van der Waals surface area (Å²) in [5, 5.41) is 13.6. The van der Waals surface area contributed by atoms with Crippen molar-refractivity contribution in [2.75, 3.05) is 13.1 Å². The second-order valence-corrected chi connectivity index (χ2v) is 6.32. The minimum Gasteiger partial charge on any atom is -0.387 e. The SMILES string of the molecule is CCC1(CNCC(O)c2ccc(C(C)C)cc2)CC1. The van der Waals surface area contributed by atoms with Crippen molar-refractivity contribution in [3.8, 4) is 0 Å². The van der Waals surface area contributed by atoms with Crippen molar-refractivity contribution in [1.82, 2.24) is 5.32 Å². The maximum Gasteiger partial charge on any atom is 0.0914 e. The lowest BCUT2D eigenvalue weighted by Crippen LogP contribution is -2.28. The van der Waals surface area contributed by atoms with Gasteiger partial charge >= 0.3 is 0 Å². The predicted octanol–water partition coefficient (Wildman–Crippen LogP) is 3.62. The molecule has 0 aromatic heterocycles. The lowest BCUT2D eigenvalue weighted by atomic mass is 9.99. The Morgan fingerprint density at radius 3 is 2.21 bits per heavy atom. The van der Waals surface area contributed by atoms with Gasteiger partial charge < -0.3 is 10.4 Å². The quantitative estimate of drug-likeness (QED) is 0.785. The number of rotatable bonds is 7. The van der Waals surface area contributed by atoms with Crippen LogP contribution in [0.2, 0.25) is 0 Å². The summed E-state index contributed by atoms with van der Waals surface area (Å²) in [4.78, 5) is 0. The lowest BCUT2D eigenvalue weighted by Gasteiger charge is -2.17. The van der Waals surface area contributed by atoms with Crippen LogP contribution in [0.1, 0.15) is 63.2 Å². The molecule has 1 fully saturated rings. The van der Waals surface area contributed by atoms with E-state index in [4.69, 9.17) is 0 Å². The van der Waals surface area contributed by atoms with Crippen molar-refractivity contribution in [2.24, 2.45) is 5.41 Å². The summed E-state index contributed by atoms with van der Waals surface area (Å²) in [5.41, 5.74) is 2.88. The van der Waals surface area contributed by atoms with Gasteiger partial charge in [-0.25, -0.2) is 0 Å². The largest absolute Gasteiger partial charge is 0.387 e. The van der Waals surface area contributed by atoms with Gasteiger partial charge in [-0.1, -0.05) is 45.0 Å². The topological polar surface area (TPSA) is 32.3 Å². The van der Waals surface area contributed by atoms with Crippen molar-refractivity contribution in [2.45, 2.75) is 52.1 Å². The summed E-state index contributed by atoms with van der Waals surface area (Å²) in [7, 11) is 0. The molecule has 1 aliphatic carbocycles. The Bertz CT molecular complexity index is 392. The Kier molecular flexibility index (Phi) is 4.64. The van der Waals surface area contributed by atoms with Gasteiger partial charge in [0, 0.05) is 13.1 Å². The van der Waals surface area contributed by atoms with Crippen molar-refractivity contribution < 1.29 is 5.11 Å². The summed E-state index contributed by atoms with van der Waals surface area (Å²) in [6, 6.07) is 8.35. The van der Waals surface area contributed by atoms with Crippen LogP contribution in [0.5, 0.6) is 0 Å². The van der Waals surface area contributed by atoms with Gasteiger partial charge in [0.25, 0.3) is 0 Å². The van der Waals surface area contributed by atoms with E-state index >= 15 is 0 Å². The molecule has 0 bridgehead atoms. The minimum atomic E-state index is -0.395. The van der Waals surface area contributed by atoms with E-state index in [0.717, 1.165) is 12.1 Å². The van der Waals surface area contributed by atoms with Crippen LogP contribution in [0.4, 0.5) is 0 Å². The molecule has 1 unspecified atom stereocenters. The molecule has 106 valence electrons. The van der Waals surface area contributed by atoms with Crippen LogP contribution in [0.15, 0.2) is 24.3 Å². The van der Waals surface area contributed by atoms with Crippen LogP contribution in [-0.2, 0) is 0 Å². The van der Waals surface area contributed by atoms with E-state index < -0.39 is 6.10 Å². The molecule has 0 spiro atoms. The first-order valence-corrected chi connectivity index (χ1v) is 7.55. The van der Waals surface area contributed by atoms with Gasteiger partial charge in [-0.3, -0.25) is 0 Å². The molecular weight excluding hydrogens is 234 g/mol. The Morgan fingerprint density at radius 2 is 1.74 bits per heavy atom. The highest BCUT2D eigenvalue weighted by Gasteiger charge is 2.39. The van der Waals surface area contributed by atoms with Crippen LogP contribution >= 0.6 is 0 Å². The van der Waals surface area contributed by atoms with Gasteiger partial charge in [0.15, 0.2) is 0 Å². The molecule has 19 heavy (non-hydrogen) atoms. The Hall–Kier alpha value is -0.860. The van der Waals surface area contributed by atoms with Crippen molar-refractivity contribution in [3.05, 3.63) is 35.4 Å². The van der Waals surface area contributed by atoms with Crippen molar-refractivity contribution in [1.29, 1.82) is 0 Å². The molecule has 0 aliphatic heterocycles. The Morgan fingerprint density at radius 1 is 1.16 bits per heavy atom. The maximum atomic E-state index is 10.2. The molecule has 2 rings (SSSR count). The second-order valence-electron chi connectivity index (χ2n) is 6.32. The van der Waals surface area contributed by atoms with E-state index in [0.29, 0.717) is 17.9 Å². The van der Waals surface area contributed by atoms with Gasteiger partial charge in [0.1, 0.15) is 0 Å². The fourth-order valence-corrected chi connectivity index (χ4v) is 2.53. The molecule has 0 heterocycles. The van der Waals surface area contributed by atoms with E-state index in [2.05, 4.69) is 38.2 Å². The first-order valence-electron chi connectivity index (χ1n) is 7.55. The summed E-state index contributed by atoms with van der Waals surface area (Å²) >= 11 is 0. The number of aliphatic hydroxyl groups is 1. The third-order valence-electron chi connectivity index (χ3n) is 4.53.